The monoisotopic (exact) mass is 225 g/mol. The van der Waals surface area contributed by atoms with E-state index in [-0.39, 0.29) is 0 Å². The Morgan fingerprint density at radius 2 is 2.33 bits per heavy atom. The maximum absolute atomic E-state index is 12.0. The Morgan fingerprint density at radius 3 is 3.00 bits per heavy atom. The van der Waals surface area contributed by atoms with Crippen molar-refractivity contribution >= 4 is 10.8 Å². The molecule has 2 heterocycles. The fourth-order valence-electron chi connectivity index (χ4n) is 1.77. The predicted octanol–water partition coefficient (Wildman–Crippen LogP) is 0.502. The van der Waals surface area contributed by atoms with E-state index in [0.29, 0.717) is 16.7 Å². The normalized spacial score (nSPS) is 22.9. The maximum atomic E-state index is 12.0. The van der Waals surface area contributed by atoms with E-state index in [1.807, 2.05) is 6.92 Å². The van der Waals surface area contributed by atoms with E-state index in [4.69, 9.17) is 0 Å². The smallest absolute Gasteiger partial charge is 0.148 e. The molecule has 1 aromatic rings. The molecule has 0 bridgehead atoms. The lowest BCUT2D eigenvalue weighted by atomic mass is 10.2. The molecule has 4 nitrogen and oxygen atoms in total. The van der Waals surface area contributed by atoms with Crippen LogP contribution in [0, 0.1) is 12.8 Å². The first-order valence-corrected chi connectivity index (χ1v) is 6.46. The fraction of sp³-hybridized carbons (Fsp3) is 0.600. The van der Waals surface area contributed by atoms with Crippen molar-refractivity contribution in [2.45, 2.75) is 18.4 Å². The van der Waals surface area contributed by atoms with E-state index >= 15 is 0 Å². The van der Waals surface area contributed by atoms with Crippen molar-refractivity contribution < 1.29 is 4.21 Å². The van der Waals surface area contributed by atoms with Crippen LogP contribution in [-0.2, 0) is 10.8 Å². The Morgan fingerprint density at radius 1 is 1.53 bits per heavy atom. The SMILES string of the molecule is Cc1nccnc1[S@@](=O)C[C@H]1CCNC1. The van der Waals surface area contributed by atoms with E-state index in [1.165, 1.54) is 0 Å². The number of nitrogens with zero attached hydrogens (tertiary/aromatic N) is 2. The summed E-state index contributed by atoms with van der Waals surface area (Å²) in [6.45, 7) is 3.87. The van der Waals surface area contributed by atoms with Gasteiger partial charge in [0.25, 0.3) is 0 Å². The van der Waals surface area contributed by atoms with Crippen LogP contribution in [0.3, 0.4) is 0 Å². The highest BCUT2D eigenvalue weighted by Crippen LogP contribution is 2.14. The molecule has 0 saturated carbocycles. The van der Waals surface area contributed by atoms with Crippen molar-refractivity contribution in [2.75, 3.05) is 18.8 Å². The number of rotatable bonds is 3. The van der Waals surface area contributed by atoms with Crippen molar-refractivity contribution in [2.24, 2.45) is 5.92 Å². The summed E-state index contributed by atoms with van der Waals surface area (Å²) in [4.78, 5) is 8.24. The lowest BCUT2D eigenvalue weighted by Crippen LogP contribution is -2.16. The quantitative estimate of drug-likeness (QED) is 0.814. The second kappa shape index (κ2) is 4.81. The average Bonchev–Trinajstić information content (AvgIpc) is 2.71. The third-order valence-electron chi connectivity index (χ3n) is 2.60. The highest BCUT2D eigenvalue weighted by molar-refractivity contribution is 7.85. The van der Waals surface area contributed by atoms with Crippen LogP contribution in [0.25, 0.3) is 0 Å². The van der Waals surface area contributed by atoms with Gasteiger partial charge in [-0.25, -0.2) is 4.98 Å². The zero-order valence-electron chi connectivity index (χ0n) is 8.77. The van der Waals surface area contributed by atoms with Crippen LogP contribution in [0.15, 0.2) is 17.4 Å². The molecular formula is C10H15N3OS. The van der Waals surface area contributed by atoms with Crippen molar-refractivity contribution in [1.82, 2.24) is 15.3 Å². The molecule has 15 heavy (non-hydrogen) atoms. The molecule has 2 atom stereocenters. The zero-order chi connectivity index (χ0) is 10.7. The molecule has 1 aliphatic rings. The Hall–Kier alpha value is -0.810. The lowest BCUT2D eigenvalue weighted by molar-refractivity contribution is 0.630. The Kier molecular flexibility index (Phi) is 3.43. The summed E-state index contributed by atoms with van der Waals surface area (Å²) >= 11 is 0. The minimum Gasteiger partial charge on any atom is -0.316 e. The maximum Gasteiger partial charge on any atom is 0.148 e. The molecule has 0 aliphatic carbocycles. The van der Waals surface area contributed by atoms with E-state index in [0.717, 1.165) is 25.2 Å². The molecule has 1 fully saturated rings. The van der Waals surface area contributed by atoms with Crippen LogP contribution in [0.5, 0.6) is 0 Å². The number of aromatic nitrogens is 2. The first kappa shape index (κ1) is 10.7. The first-order chi connectivity index (χ1) is 7.27. The molecule has 1 aromatic heterocycles. The number of nitrogens with one attached hydrogen (secondary N) is 1. The fourth-order valence-corrected chi connectivity index (χ4v) is 3.20. The van der Waals surface area contributed by atoms with Gasteiger partial charge >= 0.3 is 0 Å². The summed E-state index contributed by atoms with van der Waals surface area (Å²) in [5.41, 5.74) is 0.779. The van der Waals surface area contributed by atoms with Gasteiger partial charge in [0.15, 0.2) is 0 Å². The summed E-state index contributed by atoms with van der Waals surface area (Å²) in [6, 6.07) is 0. The van der Waals surface area contributed by atoms with Gasteiger partial charge < -0.3 is 5.32 Å². The van der Waals surface area contributed by atoms with Gasteiger partial charge in [0.2, 0.25) is 0 Å². The Labute approximate surface area is 92.0 Å². The second-order valence-corrected chi connectivity index (χ2v) is 5.23. The van der Waals surface area contributed by atoms with Crippen molar-refractivity contribution in [3.05, 3.63) is 18.1 Å². The van der Waals surface area contributed by atoms with Crippen molar-refractivity contribution in [3.63, 3.8) is 0 Å². The molecule has 0 spiro atoms. The molecule has 82 valence electrons. The zero-order valence-corrected chi connectivity index (χ0v) is 9.59. The predicted molar refractivity (Wildman–Crippen MR) is 59.0 cm³/mol. The molecule has 5 heteroatoms. The van der Waals surface area contributed by atoms with Crippen molar-refractivity contribution in [3.8, 4) is 0 Å². The highest BCUT2D eigenvalue weighted by atomic mass is 32.2. The van der Waals surface area contributed by atoms with Gasteiger partial charge in [0, 0.05) is 18.1 Å². The van der Waals surface area contributed by atoms with Crippen LogP contribution in [0.2, 0.25) is 0 Å². The molecular weight excluding hydrogens is 210 g/mol. The minimum atomic E-state index is -0.998. The summed E-state index contributed by atoms with van der Waals surface area (Å²) in [6.07, 6.45) is 4.35. The van der Waals surface area contributed by atoms with Gasteiger partial charge in [-0.05, 0) is 32.4 Å². The number of aryl methyl sites for hydroxylation is 1. The van der Waals surface area contributed by atoms with Crippen LogP contribution in [0.4, 0.5) is 0 Å². The average molecular weight is 225 g/mol. The molecule has 0 radical (unpaired) electrons. The summed E-state index contributed by atoms with van der Waals surface area (Å²) < 4.78 is 12.0. The van der Waals surface area contributed by atoms with E-state index in [2.05, 4.69) is 15.3 Å². The molecule has 1 N–H and O–H groups in total. The largest absolute Gasteiger partial charge is 0.316 e. The Balaban J connectivity index is 2.04. The minimum absolute atomic E-state index is 0.521. The summed E-state index contributed by atoms with van der Waals surface area (Å²) in [5, 5.41) is 3.92. The van der Waals surface area contributed by atoms with Gasteiger partial charge in [-0.2, -0.15) is 0 Å². The van der Waals surface area contributed by atoms with Crippen LogP contribution >= 0.6 is 0 Å². The molecule has 1 saturated heterocycles. The summed E-state index contributed by atoms with van der Waals surface area (Å²) in [5.74, 6) is 1.22. The third-order valence-corrected chi connectivity index (χ3v) is 4.21. The number of hydrogen-bond acceptors (Lipinski definition) is 4. The molecule has 0 amide bonds. The summed E-state index contributed by atoms with van der Waals surface area (Å²) in [7, 11) is -0.998. The highest BCUT2D eigenvalue weighted by Gasteiger charge is 2.19. The van der Waals surface area contributed by atoms with Gasteiger partial charge in [0.05, 0.1) is 16.5 Å². The molecule has 2 rings (SSSR count). The standard InChI is InChI=1S/C10H15N3OS/c1-8-10(13-5-4-12-8)15(14)7-9-2-3-11-6-9/h4-5,9,11H,2-3,6-7H2,1H3/t9-,15-/m0/s1. The van der Waals surface area contributed by atoms with Gasteiger partial charge in [-0.1, -0.05) is 0 Å². The van der Waals surface area contributed by atoms with E-state index in [9.17, 15) is 4.21 Å². The van der Waals surface area contributed by atoms with Gasteiger partial charge in [0.1, 0.15) is 5.03 Å². The van der Waals surface area contributed by atoms with Crippen LogP contribution in [-0.4, -0.2) is 33.0 Å². The van der Waals surface area contributed by atoms with Gasteiger partial charge in [-0.3, -0.25) is 9.19 Å². The lowest BCUT2D eigenvalue weighted by Gasteiger charge is -2.08. The topological polar surface area (TPSA) is 54.9 Å². The van der Waals surface area contributed by atoms with Gasteiger partial charge in [-0.15, -0.1) is 0 Å². The Bertz CT molecular complexity index is 363. The molecule has 1 aliphatic heterocycles. The van der Waals surface area contributed by atoms with Crippen molar-refractivity contribution in [1.29, 1.82) is 0 Å². The van der Waals surface area contributed by atoms with E-state index < -0.39 is 10.8 Å². The third kappa shape index (κ3) is 2.60. The van der Waals surface area contributed by atoms with Crippen LogP contribution < -0.4 is 5.32 Å². The second-order valence-electron chi connectivity index (χ2n) is 3.82. The number of hydrogen-bond donors (Lipinski definition) is 1. The molecule has 0 unspecified atom stereocenters. The first-order valence-electron chi connectivity index (χ1n) is 5.14. The van der Waals surface area contributed by atoms with Crippen LogP contribution in [0.1, 0.15) is 12.1 Å². The molecule has 0 aromatic carbocycles. The van der Waals surface area contributed by atoms with E-state index in [1.54, 1.807) is 12.4 Å².